The molecule has 0 saturated carbocycles. The Morgan fingerprint density at radius 2 is 1.68 bits per heavy atom. The van der Waals surface area contributed by atoms with Crippen LogP contribution in [-0.2, 0) is 20.7 Å². The Hall–Kier alpha value is -7.45. The molecule has 84 heavy (non-hydrogen) atoms. The predicted molar refractivity (Wildman–Crippen MR) is 322 cm³/mol. The van der Waals surface area contributed by atoms with E-state index in [0.29, 0.717) is 74.1 Å². The molecule has 12 rings (SSSR count). The maximum absolute atomic E-state index is 17.3. The third-order valence-electron chi connectivity index (χ3n) is 18.4. The molecular formula is C64H76FN11O7S. The molecule has 0 bridgehead atoms. The zero-order valence-corrected chi connectivity index (χ0v) is 49.6. The second-order valence-corrected chi connectivity index (χ2v) is 24.8. The van der Waals surface area contributed by atoms with Gasteiger partial charge in [0, 0.05) is 69.7 Å². The molecule has 18 nitrogen and oxygen atoms in total. The minimum absolute atomic E-state index is 0.00396. The second kappa shape index (κ2) is 24.3. The third kappa shape index (κ3) is 11.2. The van der Waals surface area contributed by atoms with Gasteiger partial charge in [-0.05, 0) is 124 Å². The molecule has 5 saturated heterocycles. The molecule has 3 amide bonds. The lowest BCUT2D eigenvalue weighted by Gasteiger charge is -2.36. The minimum atomic E-state index is -0.633. The van der Waals surface area contributed by atoms with E-state index in [-0.39, 0.29) is 71.0 Å². The molecule has 7 aromatic rings. The number of rotatable bonds is 16. The maximum Gasteiger partial charge on any atom is 0.409 e. The van der Waals surface area contributed by atoms with E-state index < -0.39 is 17.8 Å². The van der Waals surface area contributed by atoms with Crippen molar-refractivity contribution in [1.29, 1.82) is 0 Å². The molecule has 442 valence electrons. The number of nitrogens with one attached hydrogen (secondary N) is 1. The molecule has 5 aliphatic heterocycles. The number of phenols is 1. The molecule has 2 N–H and O–H groups in total. The van der Waals surface area contributed by atoms with Gasteiger partial charge in [0.2, 0.25) is 11.8 Å². The Kier molecular flexibility index (Phi) is 16.5. The molecule has 20 heteroatoms. The highest BCUT2D eigenvalue weighted by atomic mass is 32.1. The molecule has 0 spiro atoms. The summed E-state index contributed by atoms with van der Waals surface area (Å²) in [5, 5.41) is 20.6. The van der Waals surface area contributed by atoms with Crippen LogP contribution in [0.5, 0.6) is 11.8 Å². The second-order valence-electron chi connectivity index (χ2n) is 23.9. The van der Waals surface area contributed by atoms with E-state index >= 15 is 4.39 Å². The van der Waals surface area contributed by atoms with E-state index in [2.05, 4.69) is 49.2 Å². The number of aromatic hydroxyl groups is 1. The van der Waals surface area contributed by atoms with Gasteiger partial charge in [-0.2, -0.15) is 9.97 Å². The summed E-state index contributed by atoms with van der Waals surface area (Å²) in [4.78, 5) is 72.2. The van der Waals surface area contributed by atoms with Gasteiger partial charge in [-0.1, -0.05) is 81.2 Å². The van der Waals surface area contributed by atoms with Gasteiger partial charge in [0.05, 0.1) is 33.0 Å². The quantitative estimate of drug-likeness (QED) is 0.0926. The van der Waals surface area contributed by atoms with Gasteiger partial charge < -0.3 is 44.0 Å². The Balaban J connectivity index is 0.662. The number of fused-ring (bicyclic) bond motifs is 3. The Labute approximate surface area is 493 Å². The summed E-state index contributed by atoms with van der Waals surface area (Å²) < 4.78 is 36.0. The van der Waals surface area contributed by atoms with E-state index in [1.54, 1.807) is 39.5 Å². The van der Waals surface area contributed by atoms with Gasteiger partial charge in [0.25, 0.3) is 0 Å². The lowest BCUT2D eigenvalue weighted by Crippen LogP contribution is -2.50. The van der Waals surface area contributed by atoms with Crippen molar-refractivity contribution in [3.63, 3.8) is 0 Å². The first-order valence-electron chi connectivity index (χ1n) is 30.3. The number of benzene rings is 3. The van der Waals surface area contributed by atoms with E-state index in [0.717, 1.165) is 122 Å². The number of nitrogens with zero attached hydrogens (tertiary/aromatic N) is 10. The summed E-state index contributed by atoms with van der Waals surface area (Å²) in [6.45, 7) is 15.3. The Morgan fingerprint density at radius 3 is 2.43 bits per heavy atom. The molecule has 5 atom stereocenters. The molecule has 0 radical (unpaired) electrons. The number of hydrogen-bond donors (Lipinski definition) is 2. The van der Waals surface area contributed by atoms with Crippen LogP contribution in [0.15, 0.2) is 76.9 Å². The maximum atomic E-state index is 17.3. The van der Waals surface area contributed by atoms with Gasteiger partial charge in [-0.25, -0.2) is 14.2 Å². The third-order valence-corrected chi connectivity index (χ3v) is 19.3. The molecular weight excluding hydrogens is 1090 g/mol. The topological polar surface area (TPSA) is 196 Å². The van der Waals surface area contributed by atoms with Crippen molar-refractivity contribution in [3.05, 3.63) is 101 Å². The highest BCUT2D eigenvalue weighted by Gasteiger charge is 2.50. The highest BCUT2D eigenvalue weighted by Crippen LogP contribution is 2.44. The number of thiazole rings is 1. The fraction of sp³-hybridized carbons (Fsp3) is 0.500. The number of carbonyl (C=O) groups is 3. The number of hydrogen-bond acceptors (Lipinski definition) is 16. The smallest absolute Gasteiger partial charge is 0.409 e. The number of aromatic nitrogens is 5. The first-order valence-corrected chi connectivity index (χ1v) is 31.2. The van der Waals surface area contributed by atoms with Crippen LogP contribution in [0.3, 0.4) is 0 Å². The minimum Gasteiger partial charge on any atom is -0.508 e. The molecule has 3 aromatic carbocycles. The lowest BCUT2D eigenvalue weighted by molar-refractivity contribution is -0.141. The monoisotopic (exact) mass is 1160 g/mol. The molecule has 5 fully saturated rings. The van der Waals surface area contributed by atoms with Crippen molar-refractivity contribution in [1.82, 2.24) is 45.1 Å². The van der Waals surface area contributed by atoms with E-state index in [1.807, 2.05) is 69.6 Å². The van der Waals surface area contributed by atoms with Gasteiger partial charge in [0.15, 0.2) is 17.4 Å². The number of halogens is 1. The summed E-state index contributed by atoms with van der Waals surface area (Å²) in [5.41, 5.74) is 6.37. The van der Waals surface area contributed by atoms with Crippen molar-refractivity contribution >= 4 is 62.6 Å². The number of carbonyl (C=O) groups excluding carboxylic acids is 3. The van der Waals surface area contributed by atoms with Crippen molar-refractivity contribution in [2.75, 3.05) is 75.4 Å². The highest BCUT2D eigenvalue weighted by molar-refractivity contribution is 7.13. The molecule has 0 aliphatic carbocycles. The van der Waals surface area contributed by atoms with Gasteiger partial charge in [-0.15, -0.1) is 11.3 Å². The summed E-state index contributed by atoms with van der Waals surface area (Å²) in [6, 6.07) is 18.5. The van der Waals surface area contributed by atoms with Crippen LogP contribution in [0.2, 0.25) is 0 Å². The zero-order valence-electron chi connectivity index (χ0n) is 48.8. The zero-order chi connectivity index (χ0) is 58.2. The summed E-state index contributed by atoms with van der Waals surface area (Å²) in [6.07, 6.45) is 11.1. The van der Waals surface area contributed by atoms with Crippen LogP contribution >= 0.6 is 11.3 Å². The van der Waals surface area contributed by atoms with Crippen molar-refractivity contribution in [3.8, 4) is 33.5 Å². The number of piperazine rings is 1. The van der Waals surface area contributed by atoms with Gasteiger partial charge in [0.1, 0.15) is 48.0 Å². The normalized spacial score (nSPS) is 21.1. The lowest BCUT2D eigenvalue weighted by atomic mass is 9.91. The SMILES string of the molecule is CCc1cccc2cc(O)cc(-c3ncc4c(N5CCCCCC5)nc(OC[C@]56CCCN5[C@H](COC(=O)N5CCN(c7cc([C@H](C(=O)N8CCC[C@H]8C(=O)N[C@@H](C)c8ccc(-c9scnc9C)cc8)C(C)C)on7)CC5)CC6)nc4c3F)c12. The van der Waals surface area contributed by atoms with Crippen LogP contribution in [0, 0.1) is 18.7 Å². The molecule has 5 aliphatic rings. The summed E-state index contributed by atoms with van der Waals surface area (Å²) in [7, 11) is 0. The Morgan fingerprint density at radius 1 is 0.881 bits per heavy atom. The van der Waals surface area contributed by atoms with Crippen LogP contribution in [0.4, 0.5) is 20.8 Å². The van der Waals surface area contributed by atoms with Crippen LogP contribution in [0.1, 0.15) is 126 Å². The van der Waals surface area contributed by atoms with Crippen LogP contribution in [0.25, 0.3) is 43.4 Å². The first-order chi connectivity index (χ1) is 40.8. The standard InChI is InChI=1S/C64H76FN11O7S/c1-6-42-14-11-15-45-32-47(77)33-48(54(42)45)56-55(65)57-49(35-66-56)59(73-24-9-7-8-10-25-73)70-62(69-57)82-37-64-22-13-27-76(64)46(21-23-64)36-81-63(80)74-30-28-72(29-31-74)52-34-51(83-71-52)53(39(2)3)61(79)75-26-12-16-50(75)60(78)68-40(4)43-17-19-44(20-18-43)58-41(5)67-38-84-58/h11,14-15,17-20,32-35,38-40,46,50,53,77H,6-10,12-13,16,21-31,36-37H2,1-5H3,(H,68,78)/t40-,46-,50-,53+,64+/m0/s1. The number of amides is 3. The number of ether oxygens (including phenoxy) is 2. The molecule has 0 unspecified atom stereocenters. The number of phenolic OH excluding ortho intramolecular Hbond substituents is 1. The van der Waals surface area contributed by atoms with Gasteiger partial charge in [-0.3, -0.25) is 19.5 Å². The van der Waals surface area contributed by atoms with E-state index in [1.165, 1.54) is 0 Å². The number of pyridine rings is 1. The van der Waals surface area contributed by atoms with E-state index in [4.69, 9.17) is 28.9 Å². The molecule has 9 heterocycles. The summed E-state index contributed by atoms with van der Waals surface area (Å²) in [5.74, 6) is 0.0328. The Bertz CT molecular complexity index is 3540. The van der Waals surface area contributed by atoms with E-state index in [9.17, 15) is 19.5 Å². The largest absolute Gasteiger partial charge is 0.508 e. The van der Waals surface area contributed by atoms with Gasteiger partial charge >= 0.3 is 12.1 Å². The average molecular weight is 1160 g/mol. The van der Waals surface area contributed by atoms with Crippen molar-refractivity contribution in [2.24, 2.45) is 5.92 Å². The summed E-state index contributed by atoms with van der Waals surface area (Å²) >= 11 is 1.61. The number of likely N-dealkylation sites (tertiary alicyclic amines) is 1. The number of anilines is 2. The first kappa shape index (κ1) is 57.0. The number of aryl methyl sites for hydroxylation is 2. The van der Waals surface area contributed by atoms with Crippen LogP contribution in [-0.4, -0.2) is 146 Å². The van der Waals surface area contributed by atoms with Crippen molar-refractivity contribution < 1.29 is 37.9 Å². The fourth-order valence-corrected chi connectivity index (χ4v) is 14.6. The fourth-order valence-electron chi connectivity index (χ4n) is 13.8. The predicted octanol–water partition coefficient (Wildman–Crippen LogP) is 11.0. The molecule has 4 aromatic heterocycles. The average Bonchev–Trinajstić information content (AvgIpc) is 3.22. The van der Waals surface area contributed by atoms with Crippen LogP contribution < -0.4 is 19.9 Å². The van der Waals surface area contributed by atoms with Crippen molar-refractivity contribution in [2.45, 2.75) is 135 Å².